The minimum Gasteiger partial charge on any atom is -0.511 e. The van der Waals surface area contributed by atoms with Crippen molar-refractivity contribution in [3.05, 3.63) is 82.3 Å². The topological polar surface area (TPSA) is 139 Å². The van der Waals surface area contributed by atoms with Gasteiger partial charge < -0.3 is 31.1 Å². The average Bonchev–Trinajstić information content (AvgIpc) is 3.01. The Bertz CT molecular complexity index is 1200. The van der Waals surface area contributed by atoms with Crippen molar-refractivity contribution in [3.63, 3.8) is 0 Å². The lowest BCUT2D eigenvalue weighted by Crippen LogP contribution is -2.41. The normalized spacial score (nSPS) is 23.4. The van der Waals surface area contributed by atoms with E-state index in [1.165, 1.54) is 25.0 Å². The van der Waals surface area contributed by atoms with E-state index in [1.807, 2.05) is 0 Å². The summed E-state index contributed by atoms with van der Waals surface area (Å²) in [6.45, 7) is 2.81. The highest BCUT2D eigenvalue weighted by Gasteiger charge is 2.38. The maximum absolute atomic E-state index is 12.8. The lowest BCUT2D eigenvalue weighted by atomic mass is 9.83. The van der Waals surface area contributed by atoms with E-state index in [2.05, 4.69) is 24.5 Å². The van der Waals surface area contributed by atoms with Crippen molar-refractivity contribution in [3.8, 4) is 0 Å². The molecule has 232 valence electrons. The Balaban J connectivity index is 1.44. The Labute approximate surface area is 254 Å². The molecule has 0 spiro atoms. The van der Waals surface area contributed by atoms with Crippen LogP contribution in [0.5, 0.6) is 0 Å². The lowest BCUT2D eigenvalue weighted by molar-refractivity contribution is 0.0487. The van der Waals surface area contributed by atoms with Crippen LogP contribution in [-0.2, 0) is 0 Å². The zero-order chi connectivity index (χ0) is 31.0. The Morgan fingerprint density at radius 3 is 1.35 bits per heavy atom. The highest BCUT2D eigenvalue weighted by molar-refractivity contribution is 5.95. The summed E-state index contributed by atoms with van der Waals surface area (Å²) in [6, 6.07) is 13.6. The van der Waals surface area contributed by atoms with Crippen LogP contribution in [0.15, 0.2) is 60.0 Å². The highest BCUT2D eigenvalue weighted by atomic mass is 16.3. The number of hydrogen-bond donors (Lipinski definition) is 6. The van der Waals surface area contributed by atoms with Crippen molar-refractivity contribution in [1.82, 2.24) is 10.6 Å². The van der Waals surface area contributed by atoms with Gasteiger partial charge in [-0.25, -0.2) is 0 Å². The van der Waals surface area contributed by atoms with Gasteiger partial charge in [0.2, 0.25) is 0 Å². The van der Waals surface area contributed by atoms with Gasteiger partial charge in [0, 0.05) is 23.2 Å². The van der Waals surface area contributed by atoms with Crippen molar-refractivity contribution >= 4 is 24.0 Å². The molecule has 4 atom stereocenters. The van der Waals surface area contributed by atoms with E-state index in [0.29, 0.717) is 34.1 Å². The van der Waals surface area contributed by atoms with Crippen LogP contribution >= 0.6 is 0 Å². The number of rotatable bonds is 10. The van der Waals surface area contributed by atoms with Gasteiger partial charge in [-0.3, -0.25) is 9.59 Å². The molecule has 43 heavy (non-hydrogen) atoms. The van der Waals surface area contributed by atoms with Gasteiger partial charge in [0.05, 0.1) is 13.2 Å². The fourth-order valence-electron chi connectivity index (χ4n) is 6.12. The van der Waals surface area contributed by atoms with Crippen LogP contribution in [0.3, 0.4) is 0 Å². The molecule has 0 radical (unpaired) electrons. The summed E-state index contributed by atoms with van der Waals surface area (Å²) in [5.74, 6) is -0.280. The molecule has 8 nitrogen and oxygen atoms in total. The van der Waals surface area contributed by atoms with Crippen molar-refractivity contribution in [2.45, 2.75) is 77.3 Å². The first-order valence-corrected chi connectivity index (χ1v) is 15.5. The third kappa shape index (κ3) is 7.86. The monoisotopic (exact) mass is 590 g/mol. The first kappa shape index (κ1) is 32.3. The standard InChI is InChI=1S/C35H46N2O6/c1-23-7-3-5-9-29(23)36-33(42)27-15-11-25(12-16-27)19-31(40)35(21-38,22-39)32(41)20-26-13-17-28(18-14-26)34(43)37-30-10-6-4-8-24(30)2/h11-20,23-24,29-30,38-41H,3-10,21-22H2,1-2H3,(H,36,42)(H,37,43). The summed E-state index contributed by atoms with van der Waals surface area (Å²) in [7, 11) is 0. The minimum absolute atomic E-state index is 0.147. The molecule has 2 fully saturated rings. The SMILES string of the molecule is CC1CCCCC1NC(=O)c1ccc(C=C(O)C(CO)(CO)C(O)=Cc2ccc(C(=O)NC3CCCCC3C)cc2)cc1. The molecule has 0 saturated heterocycles. The zero-order valence-electron chi connectivity index (χ0n) is 25.3. The van der Waals surface area contributed by atoms with Gasteiger partial charge in [0.25, 0.3) is 11.8 Å². The van der Waals surface area contributed by atoms with Crippen molar-refractivity contribution in [2.75, 3.05) is 13.2 Å². The van der Waals surface area contributed by atoms with Gasteiger partial charge in [0.1, 0.15) is 16.9 Å². The summed E-state index contributed by atoms with van der Waals surface area (Å²) >= 11 is 0. The van der Waals surface area contributed by atoms with Crippen LogP contribution in [0.1, 0.15) is 97.1 Å². The quantitative estimate of drug-likeness (QED) is 0.194. The highest BCUT2D eigenvalue weighted by Crippen LogP contribution is 2.35. The van der Waals surface area contributed by atoms with Crippen LogP contribution < -0.4 is 10.6 Å². The molecule has 4 unspecified atom stereocenters. The van der Waals surface area contributed by atoms with Crippen LogP contribution in [-0.4, -0.2) is 57.5 Å². The smallest absolute Gasteiger partial charge is 0.251 e. The largest absolute Gasteiger partial charge is 0.511 e. The predicted molar refractivity (Wildman–Crippen MR) is 168 cm³/mol. The molecular formula is C35H46N2O6. The molecule has 2 saturated carbocycles. The number of nitrogens with one attached hydrogen (secondary N) is 2. The number of carbonyl (C=O) groups is 2. The Hall–Kier alpha value is -3.62. The predicted octanol–water partition coefficient (Wildman–Crippen LogP) is 5.77. The molecule has 2 aromatic rings. The Morgan fingerprint density at radius 1 is 0.674 bits per heavy atom. The molecule has 2 aliphatic rings. The summed E-state index contributed by atoms with van der Waals surface area (Å²) < 4.78 is 0. The summed E-state index contributed by atoms with van der Waals surface area (Å²) in [6.07, 6.45) is 11.5. The summed E-state index contributed by atoms with van der Waals surface area (Å²) in [5, 5.41) is 48.6. The van der Waals surface area contributed by atoms with Crippen LogP contribution in [0.4, 0.5) is 0 Å². The van der Waals surface area contributed by atoms with Gasteiger partial charge in [-0.2, -0.15) is 0 Å². The third-order valence-electron chi connectivity index (χ3n) is 9.33. The first-order valence-electron chi connectivity index (χ1n) is 15.5. The molecule has 4 rings (SSSR count). The molecule has 2 amide bonds. The number of aliphatic hydroxyl groups is 4. The molecular weight excluding hydrogens is 544 g/mol. The fraction of sp³-hybridized carbons (Fsp3) is 0.486. The van der Waals surface area contributed by atoms with Gasteiger partial charge in [-0.05, 0) is 85.1 Å². The molecule has 0 aliphatic heterocycles. The molecule has 0 aromatic heterocycles. The van der Waals surface area contributed by atoms with E-state index >= 15 is 0 Å². The molecule has 8 heteroatoms. The second-order valence-electron chi connectivity index (χ2n) is 12.4. The molecule has 0 heterocycles. The summed E-state index contributed by atoms with van der Waals surface area (Å²) in [4.78, 5) is 25.5. The van der Waals surface area contributed by atoms with E-state index < -0.39 is 30.1 Å². The van der Waals surface area contributed by atoms with Gasteiger partial charge in [0.15, 0.2) is 0 Å². The van der Waals surface area contributed by atoms with Crippen molar-refractivity contribution < 1.29 is 30.0 Å². The first-order chi connectivity index (χ1) is 20.7. The average molecular weight is 591 g/mol. The van der Waals surface area contributed by atoms with Crippen molar-refractivity contribution in [2.24, 2.45) is 17.3 Å². The number of amides is 2. The molecule has 2 aliphatic carbocycles. The van der Waals surface area contributed by atoms with Gasteiger partial charge in [-0.1, -0.05) is 63.8 Å². The van der Waals surface area contributed by atoms with E-state index in [9.17, 15) is 30.0 Å². The Morgan fingerprint density at radius 2 is 1.02 bits per heavy atom. The van der Waals surface area contributed by atoms with Crippen LogP contribution in [0.25, 0.3) is 12.2 Å². The fourth-order valence-corrected chi connectivity index (χ4v) is 6.12. The molecule has 6 N–H and O–H groups in total. The molecule has 0 bridgehead atoms. The van der Waals surface area contributed by atoms with Gasteiger partial charge in [-0.15, -0.1) is 0 Å². The van der Waals surface area contributed by atoms with Crippen LogP contribution in [0.2, 0.25) is 0 Å². The minimum atomic E-state index is -1.85. The zero-order valence-corrected chi connectivity index (χ0v) is 25.3. The van der Waals surface area contributed by atoms with Gasteiger partial charge >= 0.3 is 0 Å². The lowest BCUT2D eigenvalue weighted by Gasteiger charge is -2.29. The van der Waals surface area contributed by atoms with E-state index in [-0.39, 0.29) is 23.9 Å². The number of aliphatic hydroxyl groups excluding tert-OH is 4. The number of hydrogen-bond acceptors (Lipinski definition) is 6. The maximum Gasteiger partial charge on any atom is 0.251 e. The summed E-state index contributed by atoms with van der Waals surface area (Å²) in [5.41, 5.74) is 0.209. The van der Waals surface area contributed by atoms with E-state index in [0.717, 1.165) is 38.5 Å². The second kappa shape index (κ2) is 14.7. The number of carbonyl (C=O) groups excluding carboxylic acids is 2. The van der Waals surface area contributed by atoms with E-state index in [4.69, 9.17) is 0 Å². The third-order valence-corrected chi connectivity index (χ3v) is 9.33. The van der Waals surface area contributed by atoms with Crippen molar-refractivity contribution in [1.29, 1.82) is 0 Å². The van der Waals surface area contributed by atoms with E-state index in [1.54, 1.807) is 48.5 Å². The number of benzene rings is 2. The Kier molecular flexibility index (Phi) is 11.0. The van der Waals surface area contributed by atoms with Crippen LogP contribution in [0, 0.1) is 17.3 Å². The molecule has 2 aromatic carbocycles. The maximum atomic E-state index is 12.8. The second-order valence-corrected chi connectivity index (χ2v) is 12.4.